The van der Waals surface area contributed by atoms with Gasteiger partial charge in [-0.05, 0) is 5.56 Å². The third-order valence-electron chi connectivity index (χ3n) is 3.13. The predicted molar refractivity (Wildman–Crippen MR) is 65.0 cm³/mol. The number of ketones is 1. The molecule has 1 N–H and O–H groups in total. The molecule has 4 nitrogen and oxygen atoms in total. The number of benzene rings is 1. The molecule has 94 valence electrons. The molecule has 18 heavy (non-hydrogen) atoms. The Morgan fingerprint density at radius 3 is 2.61 bits per heavy atom. The van der Waals surface area contributed by atoms with Crippen molar-refractivity contribution in [3.8, 4) is 0 Å². The number of aliphatic hydroxyl groups is 1. The van der Waals surface area contributed by atoms with Gasteiger partial charge in [-0.2, -0.15) is 0 Å². The number of aliphatic hydroxyl groups excluding tert-OH is 1. The summed E-state index contributed by atoms with van der Waals surface area (Å²) in [5.74, 6) is -2.08. The highest BCUT2D eigenvalue weighted by molar-refractivity contribution is 5.94. The number of hydrogen-bond acceptors (Lipinski definition) is 4. The van der Waals surface area contributed by atoms with Crippen molar-refractivity contribution in [3.05, 3.63) is 47.7 Å². The zero-order valence-corrected chi connectivity index (χ0v) is 10.00. The largest absolute Gasteiger partial charge is 0.511 e. The van der Waals surface area contributed by atoms with Crippen LogP contribution in [0.15, 0.2) is 42.2 Å². The molecule has 2 rings (SSSR count). The molecule has 2 atom stereocenters. The first-order chi connectivity index (χ1) is 8.63. The molecule has 1 aliphatic rings. The second kappa shape index (κ2) is 5.04. The van der Waals surface area contributed by atoms with E-state index in [4.69, 9.17) is 4.74 Å². The van der Waals surface area contributed by atoms with Gasteiger partial charge in [0.2, 0.25) is 0 Å². The lowest BCUT2D eigenvalue weighted by atomic mass is 9.77. The highest BCUT2D eigenvalue weighted by Gasteiger charge is 2.38. The van der Waals surface area contributed by atoms with Gasteiger partial charge in [-0.1, -0.05) is 30.3 Å². The predicted octanol–water partition coefficient (Wildman–Crippen LogP) is 1.97. The van der Waals surface area contributed by atoms with Crippen LogP contribution in [-0.4, -0.2) is 24.0 Å². The lowest BCUT2D eigenvalue weighted by molar-refractivity contribution is -0.146. The Hall–Kier alpha value is -2.10. The van der Waals surface area contributed by atoms with E-state index in [9.17, 15) is 14.7 Å². The number of carbonyl (C=O) groups is 2. The van der Waals surface area contributed by atoms with Crippen molar-refractivity contribution in [2.45, 2.75) is 12.3 Å². The fourth-order valence-corrected chi connectivity index (χ4v) is 2.28. The maximum Gasteiger partial charge on any atom is 0.316 e. The van der Waals surface area contributed by atoms with Crippen LogP contribution in [0, 0.1) is 5.92 Å². The van der Waals surface area contributed by atoms with E-state index in [1.165, 1.54) is 7.11 Å². The first-order valence-electron chi connectivity index (χ1n) is 5.69. The van der Waals surface area contributed by atoms with E-state index in [1.54, 1.807) is 0 Å². The molecule has 0 spiro atoms. The molecule has 0 amide bonds. The maximum atomic E-state index is 11.7. The summed E-state index contributed by atoms with van der Waals surface area (Å²) in [5, 5.41) is 9.81. The van der Waals surface area contributed by atoms with Crippen LogP contribution in [-0.2, 0) is 14.3 Å². The summed E-state index contributed by atoms with van der Waals surface area (Å²) >= 11 is 0. The number of rotatable bonds is 2. The fraction of sp³-hybridized carbons (Fsp3) is 0.286. The summed E-state index contributed by atoms with van der Waals surface area (Å²) < 4.78 is 4.70. The zero-order chi connectivity index (χ0) is 13.1. The van der Waals surface area contributed by atoms with E-state index in [2.05, 4.69) is 0 Å². The Bertz CT molecular complexity index is 490. The van der Waals surface area contributed by atoms with Crippen LogP contribution in [0.3, 0.4) is 0 Å². The zero-order valence-electron chi connectivity index (χ0n) is 10.00. The highest BCUT2D eigenvalue weighted by atomic mass is 16.5. The Morgan fingerprint density at radius 1 is 1.33 bits per heavy atom. The topological polar surface area (TPSA) is 63.6 Å². The molecular weight excluding hydrogens is 232 g/mol. The SMILES string of the molecule is COC(=O)[C@H]1C(O)=CC(=O)C[C@H]1c1ccccc1. The molecular formula is C14H14O4. The Kier molecular flexibility index (Phi) is 3.46. The molecule has 1 aliphatic carbocycles. The van der Waals surface area contributed by atoms with Gasteiger partial charge in [-0.25, -0.2) is 0 Å². The van der Waals surface area contributed by atoms with Gasteiger partial charge < -0.3 is 9.84 Å². The van der Waals surface area contributed by atoms with Crippen molar-refractivity contribution in [3.63, 3.8) is 0 Å². The van der Waals surface area contributed by atoms with Crippen LogP contribution >= 0.6 is 0 Å². The molecule has 0 aliphatic heterocycles. The highest BCUT2D eigenvalue weighted by Crippen LogP contribution is 2.36. The maximum absolute atomic E-state index is 11.7. The average Bonchev–Trinajstić information content (AvgIpc) is 2.38. The number of methoxy groups -OCH3 is 1. The van der Waals surface area contributed by atoms with Gasteiger partial charge in [-0.3, -0.25) is 9.59 Å². The second-order valence-corrected chi connectivity index (χ2v) is 4.26. The Balaban J connectivity index is 2.41. The molecule has 1 aromatic carbocycles. The normalized spacial score (nSPS) is 23.4. The van der Waals surface area contributed by atoms with Crippen LogP contribution in [0.1, 0.15) is 17.9 Å². The fourth-order valence-electron chi connectivity index (χ4n) is 2.28. The third kappa shape index (κ3) is 2.27. The van der Waals surface area contributed by atoms with Crippen LogP contribution in [0.5, 0.6) is 0 Å². The van der Waals surface area contributed by atoms with Crippen LogP contribution in [0.2, 0.25) is 0 Å². The second-order valence-electron chi connectivity index (χ2n) is 4.26. The molecule has 1 aromatic rings. The van der Waals surface area contributed by atoms with Crippen LogP contribution < -0.4 is 0 Å². The smallest absolute Gasteiger partial charge is 0.316 e. The van der Waals surface area contributed by atoms with Crippen LogP contribution in [0.25, 0.3) is 0 Å². The van der Waals surface area contributed by atoms with Crippen molar-refractivity contribution in [2.75, 3.05) is 7.11 Å². The van der Waals surface area contributed by atoms with Gasteiger partial charge >= 0.3 is 5.97 Å². The lowest BCUT2D eigenvalue weighted by Crippen LogP contribution is -2.30. The summed E-state index contributed by atoms with van der Waals surface area (Å²) in [7, 11) is 1.27. The standard InChI is InChI=1S/C14H14O4/c1-18-14(17)13-11(7-10(15)8-12(13)16)9-5-3-2-4-6-9/h2-6,8,11,13,16H,7H2,1H3/t11-,13+/m0/s1. The van der Waals surface area contributed by atoms with Crippen molar-refractivity contribution in [1.29, 1.82) is 0 Å². The number of allylic oxidation sites excluding steroid dienone is 1. The van der Waals surface area contributed by atoms with E-state index in [-0.39, 0.29) is 23.9 Å². The van der Waals surface area contributed by atoms with E-state index in [1.807, 2.05) is 30.3 Å². The minimum absolute atomic E-state index is 0.179. The first kappa shape index (κ1) is 12.4. The van der Waals surface area contributed by atoms with E-state index in [0.29, 0.717) is 0 Å². The van der Waals surface area contributed by atoms with Crippen molar-refractivity contribution >= 4 is 11.8 Å². The molecule has 0 saturated carbocycles. The molecule has 0 unspecified atom stereocenters. The van der Waals surface area contributed by atoms with Gasteiger partial charge in [-0.15, -0.1) is 0 Å². The van der Waals surface area contributed by atoms with Crippen LogP contribution in [0.4, 0.5) is 0 Å². The molecule has 0 heterocycles. The number of ether oxygens (including phenoxy) is 1. The number of carbonyl (C=O) groups excluding carboxylic acids is 2. The van der Waals surface area contributed by atoms with Gasteiger partial charge in [0.15, 0.2) is 5.78 Å². The molecule has 0 bridgehead atoms. The summed E-state index contributed by atoms with van der Waals surface area (Å²) in [6.07, 6.45) is 1.31. The van der Waals surface area contributed by atoms with E-state index < -0.39 is 11.9 Å². The van der Waals surface area contributed by atoms with Crippen molar-refractivity contribution in [2.24, 2.45) is 5.92 Å². The minimum atomic E-state index is -0.796. The van der Waals surface area contributed by atoms with Crippen molar-refractivity contribution in [1.82, 2.24) is 0 Å². The summed E-state index contributed by atoms with van der Waals surface area (Å²) in [6.45, 7) is 0. The van der Waals surface area contributed by atoms with Gasteiger partial charge in [0.25, 0.3) is 0 Å². The molecule has 0 saturated heterocycles. The minimum Gasteiger partial charge on any atom is -0.511 e. The Labute approximate surface area is 105 Å². The van der Waals surface area contributed by atoms with Gasteiger partial charge in [0.1, 0.15) is 11.7 Å². The van der Waals surface area contributed by atoms with E-state index in [0.717, 1.165) is 11.6 Å². The van der Waals surface area contributed by atoms with E-state index >= 15 is 0 Å². The van der Waals surface area contributed by atoms with Crippen molar-refractivity contribution < 1.29 is 19.4 Å². The quantitative estimate of drug-likeness (QED) is 0.810. The van der Waals surface area contributed by atoms with Gasteiger partial charge in [0.05, 0.1) is 7.11 Å². The number of esters is 1. The third-order valence-corrected chi connectivity index (χ3v) is 3.13. The monoisotopic (exact) mass is 246 g/mol. The molecule has 0 radical (unpaired) electrons. The summed E-state index contributed by atoms with van der Waals surface area (Å²) in [4.78, 5) is 23.3. The summed E-state index contributed by atoms with van der Waals surface area (Å²) in [6, 6.07) is 9.21. The molecule has 0 aromatic heterocycles. The van der Waals surface area contributed by atoms with Gasteiger partial charge in [0, 0.05) is 18.4 Å². The summed E-state index contributed by atoms with van der Waals surface area (Å²) in [5.41, 5.74) is 0.848. The Morgan fingerprint density at radius 2 is 2.00 bits per heavy atom. The first-order valence-corrected chi connectivity index (χ1v) is 5.69. The average molecular weight is 246 g/mol. The molecule has 4 heteroatoms. The number of hydrogen-bond donors (Lipinski definition) is 1. The molecule has 0 fully saturated rings. The lowest BCUT2D eigenvalue weighted by Gasteiger charge is -2.27.